The van der Waals surface area contributed by atoms with Crippen LogP contribution < -0.4 is 9.03 Å². The number of sulfonamides is 2. The molecule has 2 aromatic rings. The summed E-state index contributed by atoms with van der Waals surface area (Å²) < 4.78 is 79.5. The van der Waals surface area contributed by atoms with Gasteiger partial charge in [0, 0.05) is 6.54 Å². The number of rotatable bonds is 4. The lowest BCUT2D eigenvalue weighted by Gasteiger charge is -2.29. The highest BCUT2D eigenvalue weighted by Gasteiger charge is 2.27. The maximum absolute atomic E-state index is 13.8. The number of benzene rings is 2. The van der Waals surface area contributed by atoms with Crippen LogP contribution in [-0.4, -0.2) is 29.6 Å². The number of hydrogen-bond acceptors (Lipinski definition) is 4. The van der Waals surface area contributed by atoms with Crippen molar-refractivity contribution >= 4 is 31.4 Å². The monoisotopic (exact) mass is 402 g/mol. The van der Waals surface area contributed by atoms with Crippen molar-refractivity contribution in [3.8, 4) is 0 Å². The van der Waals surface area contributed by atoms with Gasteiger partial charge in [-0.05, 0) is 42.7 Å². The topological polar surface area (TPSA) is 83.6 Å². The van der Waals surface area contributed by atoms with Gasteiger partial charge in [0.2, 0.25) is 10.0 Å². The van der Waals surface area contributed by atoms with E-state index in [0.717, 1.165) is 30.0 Å². The average Bonchev–Trinajstić information content (AvgIpc) is 2.52. The highest BCUT2D eigenvalue weighted by atomic mass is 32.2. The molecule has 6 nitrogen and oxygen atoms in total. The molecule has 3 rings (SSSR count). The number of anilines is 2. The summed E-state index contributed by atoms with van der Waals surface area (Å²) in [5.41, 5.74) is 1.12. The van der Waals surface area contributed by atoms with Crippen molar-refractivity contribution in [3.63, 3.8) is 0 Å². The molecule has 0 atom stereocenters. The number of fused-ring (bicyclic) bond motifs is 1. The number of halogens is 2. The molecule has 0 aromatic heterocycles. The van der Waals surface area contributed by atoms with Crippen LogP contribution >= 0.6 is 0 Å². The lowest BCUT2D eigenvalue weighted by molar-refractivity contribution is 0.521. The molecule has 0 aliphatic carbocycles. The summed E-state index contributed by atoms with van der Waals surface area (Å²) in [6.07, 6.45) is 2.36. The van der Waals surface area contributed by atoms with E-state index in [1.165, 1.54) is 16.4 Å². The van der Waals surface area contributed by atoms with Gasteiger partial charge < -0.3 is 0 Å². The Morgan fingerprint density at radius 3 is 2.31 bits per heavy atom. The van der Waals surface area contributed by atoms with Crippen LogP contribution in [0.4, 0.5) is 20.2 Å². The molecule has 26 heavy (non-hydrogen) atoms. The molecule has 0 fully saturated rings. The van der Waals surface area contributed by atoms with E-state index in [0.29, 0.717) is 18.5 Å². The molecule has 1 aliphatic rings. The minimum absolute atomic E-state index is 0.0157. The molecule has 0 unspecified atom stereocenters. The first kappa shape index (κ1) is 18.6. The van der Waals surface area contributed by atoms with E-state index < -0.39 is 36.6 Å². The largest absolute Gasteiger partial charge is 0.279 e. The van der Waals surface area contributed by atoms with Gasteiger partial charge in [0.25, 0.3) is 10.0 Å². The molecule has 140 valence electrons. The van der Waals surface area contributed by atoms with Crippen molar-refractivity contribution in [3.05, 3.63) is 53.6 Å². The predicted octanol–water partition coefficient (Wildman–Crippen LogP) is 2.48. The molecule has 1 heterocycles. The Kier molecular flexibility index (Phi) is 4.65. The summed E-state index contributed by atoms with van der Waals surface area (Å²) in [6, 6.07) is 7.13. The first-order valence-corrected chi connectivity index (χ1v) is 11.0. The zero-order chi connectivity index (χ0) is 19.1. The molecule has 0 amide bonds. The molecule has 0 saturated carbocycles. The highest BCUT2D eigenvalue weighted by molar-refractivity contribution is 7.92. The minimum atomic E-state index is -4.52. The van der Waals surface area contributed by atoms with Crippen LogP contribution in [0.15, 0.2) is 41.3 Å². The third kappa shape index (κ3) is 3.51. The smallest absolute Gasteiger partial charge is 0.267 e. The fourth-order valence-electron chi connectivity index (χ4n) is 2.89. The lowest BCUT2D eigenvalue weighted by atomic mass is 10.0. The molecular formula is C16H16F2N2O4S2. The first-order valence-electron chi connectivity index (χ1n) is 7.67. The van der Waals surface area contributed by atoms with Gasteiger partial charge in [-0.2, -0.15) is 0 Å². The van der Waals surface area contributed by atoms with Gasteiger partial charge in [0.1, 0.15) is 11.6 Å². The zero-order valence-corrected chi connectivity index (χ0v) is 15.4. The molecule has 1 N–H and O–H groups in total. The van der Waals surface area contributed by atoms with Crippen molar-refractivity contribution in [2.75, 3.05) is 21.8 Å². The van der Waals surface area contributed by atoms with Crippen molar-refractivity contribution in [2.45, 2.75) is 17.7 Å². The Bertz CT molecular complexity index is 1050. The lowest BCUT2D eigenvalue weighted by Crippen LogP contribution is -2.34. The third-order valence-corrected chi connectivity index (χ3v) is 6.61. The third-order valence-electron chi connectivity index (χ3n) is 4.00. The molecule has 0 spiro atoms. The molecular weight excluding hydrogens is 386 g/mol. The summed E-state index contributed by atoms with van der Waals surface area (Å²) in [4.78, 5) is -1.09. The standard InChI is InChI=1S/C16H16F2N2O4S2/c1-25(21,22)20-9-3-4-11-7-8-12(10-15(11)20)19-26(23,24)16-13(17)5-2-6-14(16)18/h2,5-8,10,19H,3-4,9H2,1H3. The van der Waals surface area contributed by atoms with Crippen LogP contribution in [-0.2, 0) is 26.5 Å². The van der Waals surface area contributed by atoms with Crippen LogP contribution in [0.25, 0.3) is 0 Å². The number of nitrogens with one attached hydrogen (secondary N) is 1. The maximum Gasteiger partial charge on any atom is 0.267 e. The van der Waals surface area contributed by atoms with Crippen molar-refractivity contribution in [1.29, 1.82) is 0 Å². The fraction of sp³-hybridized carbons (Fsp3) is 0.250. The van der Waals surface area contributed by atoms with E-state index in [9.17, 15) is 25.6 Å². The normalized spacial score (nSPS) is 14.8. The summed E-state index contributed by atoms with van der Waals surface area (Å²) in [7, 11) is -8.05. The minimum Gasteiger partial charge on any atom is -0.279 e. The highest BCUT2D eigenvalue weighted by Crippen LogP contribution is 2.32. The Morgan fingerprint density at radius 2 is 1.69 bits per heavy atom. The summed E-state index contributed by atoms with van der Waals surface area (Å²) >= 11 is 0. The van der Waals surface area contributed by atoms with Crippen molar-refractivity contribution < 1.29 is 25.6 Å². The Balaban J connectivity index is 2.02. The van der Waals surface area contributed by atoms with E-state index in [4.69, 9.17) is 0 Å². The van der Waals surface area contributed by atoms with E-state index in [1.807, 2.05) is 0 Å². The van der Waals surface area contributed by atoms with Crippen LogP contribution in [0.1, 0.15) is 12.0 Å². The molecule has 2 aromatic carbocycles. The Labute approximate surface area is 150 Å². The maximum atomic E-state index is 13.8. The molecule has 0 bridgehead atoms. The predicted molar refractivity (Wildman–Crippen MR) is 94.1 cm³/mol. The second-order valence-corrected chi connectivity index (χ2v) is 9.46. The van der Waals surface area contributed by atoms with Crippen LogP contribution in [0.3, 0.4) is 0 Å². The van der Waals surface area contributed by atoms with Crippen molar-refractivity contribution in [2.24, 2.45) is 0 Å². The van der Waals surface area contributed by atoms with Gasteiger partial charge in [-0.3, -0.25) is 9.03 Å². The number of hydrogen-bond donors (Lipinski definition) is 1. The average molecular weight is 402 g/mol. The van der Waals surface area contributed by atoms with E-state index in [2.05, 4.69) is 4.72 Å². The van der Waals surface area contributed by atoms with Crippen LogP contribution in [0.2, 0.25) is 0 Å². The van der Waals surface area contributed by atoms with Crippen molar-refractivity contribution in [1.82, 2.24) is 0 Å². The van der Waals surface area contributed by atoms with Gasteiger partial charge in [0.05, 0.1) is 17.6 Å². The number of aryl methyl sites for hydroxylation is 1. The fourth-order valence-corrected chi connectivity index (χ4v) is 5.07. The SMILES string of the molecule is CS(=O)(=O)N1CCCc2ccc(NS(=O)(=O)c3c(F)cccc3F)cc21. The summed E-state index contributed by atoms with van der Waals surface area (Å²) in [5, 5.41) is 0. The van der Waals surface area contributed by atoms with Gasteiger partial charge in [0.15, 0.2) is 4.90 Å². The van der Waals surface area contributed by atoms with Gasteiger partial charge in [-0.25, -0.2) is 25.6 Å². The van der Waals surface area contributed by atoms with Gasteiger partial charge in [-0.15, -0.1) is 0 Å². The molecule has 0 saturated heterocycles. The number of nitrogens with zero attached hydrogens (tertiary/aromatic N) is 1. The van der Waals surface area contributed by atoms with Crippen LogP contribution in [0.5, 0.6) is 0 Å². The summed E-state index contributed by atoms with van der Waals surface area (Å²) in [5.74, 6) is -2.43. The van der Waals surface area contributed by atoms with Gasteiger partial charge in [-0.1, -0.05) is 12.1 Å². The first-order chi connectivity index (χ1) is 12.1. The molecule has 1 aliphatic heterocycles. The van der Waals surface area contributed by atoms with Crippen LogP contribution in [0, 0.1) is 11.6 Å². The summed E-state index contributed by atoms with van der Waals surface area (Å²) in [6.45, 7) is 0.282. The molecule has 0 radical (unpaired) electrons. The Hall–Kier alpha value is -2.20. The van der Waals surface area contributed by atoms with E-state index in [1.54, 1.807) is 6.07 Å². The second kappa shape index (κ2) is 6.51. The quantitative estimate of drug-likeness (QED) is 0.852. The van der Waals surface area contributed by atoms with E-state index in [-0.39, 0.29) is 12.2 Å². The second-order valence-electron chi connectivity index (χ2n) is 5.94. The zero-order valence-electron chi connectivity index (χ0n) is 13.7. The molecule has 10 heteroatoms. The van der Waals surface area contributed by atoms with Gasteiger partial charge >= 0.3 is 0 Å². The Morgan fingerprint density at radius 1 is 1.04 bits per heavy atom. The van der Waals surface area contributed by atoms with E-state index >= 15 is 0 Å².